The molecule has 0 saturated heterocycles. The Bertz CT molecular complexity index is 601. The van der Waals surface area contributed by atoms with E-state index in [4.69, 9.17) is 26.8 Å². The fourth-order valence-corrected chi connectivity index (χ4v) is 2.17. The van der Waals surface area contributed by atoms with E-state index in [-0.39, 0.29) is 6.04 Å². The van der Waals surface area contributed by atoms with Gasteiger partial charge in [-0.2, -0.15) is 0 Å². The van der Waals surface area contributed by atoms with Gasteiger partial charge in [-0.3, -0.25) is 0 Å². The lowest BCUT2D eigenvalue weighted by Crippen LogP contribution is -2.20. The maximum atomic E-state index is 6.21. The number of halogens is 1. The number of rotatable bonds is 6. The Balaban J connectivity index is 2.04. The topological polar surface area (TPSA) is 44.5 Å². The SMILES string of the molecule is CCOc1ccccc1C(N)COc1ccc(Cl)c(C)c1. The molecule has 0 radical (unpaired) electrons. The van der Waals surface area contributed by atoms with E-state index in [0.29, 0.717) is 13.2 Å². The Morgan fingerprint density at radius 2 is 1.90 bits per heavy atom. The lowest BCUT2D eigenvalue weighted by atomic mass is 10.1. The van der Waals surface area contributed by atoms with Crippen molar-refractivity contribution in [2.45, 2.75) is 19.9 Å². The molecule has 0 amide bonds. The van der Waals surface area contributed by atoms with Crippen LogP contribution in [0.15, 0.2) is 42.5 Å². The van der Waals surface area contributed by atoms with Crippen LogP contribution in [0, 0.1) is 6.92 Å². The number of hydrogen-bond donors (Lipinski definition) is 1. The molecule has 0 aliphatic heterocycles. The molecule has 4 heteroatoms. The van der Waals surface area contributed by atoms with Crippen LogP contribution in [0.3, 0.4) is 0 Å². The van der Waals surface area contributed by atoms with Gasteiger partial charge in [0.2, 0.25) is 0 Å². The predicted octanol–water partition coefficient (Wildman–Crippen LogP) is 4.13. The molecule has 0 bridgehead atoms. The van der Waals surface area contributed by atoms with Gasteiger partial charge in [0.25, 0.3) is 0 Å². The molecule has 2 aromatic carbocycles. The van der Waals surface area contributed by atoms with E-state index in [0.717, 1.165) is 27.6 Å². The van der Waals surface area contributed by atoms with Crippen molar-refractivity contribution in [1.82, 2.24) is 0 Å². The van der Waals surface area contributed by atoms with Crippen LogP contribution in [0.5, 0.6) is 11.5 Å². The first-order valence-corrected chi connectivity index (χ1v) is 7.36. The molecule has 0 spiro atoms. The largest absolute Gasteiger partial charge is 0.494 e. The zero-order chi connectivity index (χ0) is 15.2. The molecule has 2 aromatic rings. The first-order valence-electron chi connectivity index (χ1n) is 6.98. The third kappa shape index (κ3) is 4.13. The van der Waals surface area contributed by atoms with Crippen LogP contribution in [-0.4, -0.2) is 13.2 Å². The van der Waals surface area contributed by atoms with Gasteiger partial charge >= 0.3 is 0 Å². The zero-order valence-electron chi connectivity index (χ0n) is 12.3. The highest BCUT2D eigenvalue weighted by atomic mass is 35.5. The summed E-state index contributed by atoms with van der Waals surface area (Å²) in [6.07, 6.45) is 0. The van der Waals surface area contributed by atoms with Crippen LogP contribution in [0.4, 0.5) is 0 Å². The van der Waals surface area contributed by atoms with Crippen LogP contribution in [-0.2, 0) is 0 Å². The zero-order valence-corrected chi connectivity index (χ0v) is 13.1. The number of ether oxygens (including phenoxy) is 2. The maximum absolute atomic E-state index is 6.21. The Morgan fingerprint density at radius 3 is 2.62 bits per heavy atom. The van der Waals surface area contributed by atoms with Crippen molar-refractivity contribution in [2.75, 3.05) is 13.2 Å². The average Bonchev–Trinajstić information content (AvgIpc) is 2.49. The minimum absolute atomic E-state index is 0.247. The second-order valence-electron chi connectivity index (χ2n) is 4.80. The second kappa shape index (κ2) is 7.34. The minimum atomic E-state index is -0.247. The number of nitrogens with two attached hydrogens (primary N) is 1. The molecule has 0 aliphatic rings. The smallest absolute Gasteiger partial charge is 0.124 e. The summed E-state index contributed by atoms with van der Waals surface area (Å²) in [6, 6.07) is 13.1. The third-order valence-electron chi connectivity index (χ3n) is 3.18. The lowest BCUT2D eigenvalue weighted by Gasteiger charge is -2.17. The van der Waals surface area contributed by atoms with Gasteiger partial charge in [-0.1, -0.05) is 29.8 Å². The average molecular weight is 306 g/mol. The molecule has 2 N–H and O–H groups in total. The molecule has 3 nitrogen and oxygen atoms in total. The molecule has 0 aliphatic carbocycles. The van der Waals surface area contributed by atoms with Gasteiger partial charge < -0.3 is 15.2 Å². The lowest BCUT2D eigenvalue weighted by molar-refractivity contribution is 0.281. The van der Waals surface area contributed by atoms with E-state index in [1.54, 1.807) is 0 Å². The molecular formula is C17H20ClNO2. The fourth-order valence-electron chi connectivity index (χ4n) is 2.06. The first-order chi connectivity index (χ1) is 10.1. The van der Waals surface area contributed by atoms with Crippen molar-refractivity contribution >= 4 is 11.6 Å². The van der Waals surface area contributed by atoms with E-state index in [2.05, 4.69) is 0 Å². The summed E-state index contributed by atoms with van der Waals surface area (Å²) in [7, 11) is 0. The van der Waals surface area contributed by atoms with Crippen molar-refractivity contribution in [3.05, 3.63) is 58.6 Å². The highest BCUT2D eigenvalue weighted by Crippen LogP contribution is 2.25. The van der Waals surface area contributed by atoms with E-state index in [9.17, 15) is 0 Å². The summed E-state index contributed by atoms with van der Waals surface area (Å²) >= 11 is 6.00. The molecule has 1 atom stereocenters. The molecule has 2 rings (SSSR count). The molecule has 0 saturated carbocycles. The molecule has 112 valence electrons. The quantitative estimate of drug-likeness (QED) is 0.873. The summed E-state index contributed by atoms with van der Waals surface area (Å²) in [5, 5.41) is 0.730. The standard InChI is InChI=1S/C17H20ClNO2/c1-3-20-17-7-5-4-6-14(17)16(19)11-21-13-8-9-15(18)12(2)10-13/h4-10,16H,3,11,19H2,1-2H3. The first kappa shape index (κ1) is 15.7. The van der Waals surface area contributed by atoms with Gasteiger partial charge in [-0.15, -0.1) is 0 Å². The third-order valence-corrected chi connectivity index (χ3v) is 3.60. The van der Waals surface area contributed by atoms with E-state index >= 15 is 0 Å². The Labute approximate surface area is 130 Å². The summed E-state index contributed by atoms with van der Waals surface area (Å²) in [5.41, 5.74) is 8.14. The van der Waals surface area contributed by atoms with Crippen molar-refractivity contribution in [3.63, 3.8) is 0 Å². The van der Waals surface area contributed by atoms with Crippen molar-refractivity contribution in [1.29, 1.82) is 0 Å². The summed E-state index contributed by atoms with van der Waals surface area (Å²) in [4.78, 5) is 0. The van der Waals surface area contributed by atoms with Gasteiger partial charge in [0, 0.05) is 10.6 Å². The van der Waals surface area contributed by atoms with Crippen LogP contribution in [0.1, 0.15) is 24.1 Å². The van der Waals surface area contributed by atoms with Gasteiger partial charge in [-0.25, -0.2) is 0 Å². The van der Waals surface area contributed by atoms with Gasteiger partial charge in [-0.05, 0) is 43.7 Å². The number of para-hydroxylation sites is 1. The molecular weight excluding hydrogens is 286 g/mol. The van der Waals surface area contributed by atoms with Crippen LogP contribution < -0.4 is 15.2 Å². The summed E-state index contributed by atoms with van der Waals surface area (Å²) in [5.74, 6) is 1.57. The van der Waals surface area contributed by atoms with Gasteiger partial charge in [0.15, 0.2) is 0 Å². The van der Waals surface area contributed by atoms with E-state index in [1.165, 1.54) is 0 Å². The number of aryl methyl sites for hydroxylation is 1. The van der Waals surface area contributed by atoms with E-state index < -0.39 is 0 Å². The fraction of sp³-hybridized carbons (Fsp3) is 0.294. The van der Waals surface area contributed by atoms with E-state index in [1.807, 2.05) is 56.3 Å². The van der Waals surface area contributed by atoms with Crippen LogP contribution >= 0.6 is 11.6 Å². The monoisotopic (exact) mass is 305 g/mol. The van der Waals surface area contributed by atoms with Crippen molar-refractivity contribution < 1.29 is 9.47 Å². The summed E-state index contributed by atoms with van der Waals surface area (Å²) < 4.78 is 11.3. The number of benzene rings is 2. The van der Waals surface area contributed by atoms with Crippen LogP contribution in [0.25, 0.3) is 0 Å². The Morgan fingerprint density at radius 1 is 1.14 bits per heavy atom. The van der Waals surface area contributed by atoms with Crippen molar-refractivity contribution in [2.24, 2.45) is 5.73 Å². The molecule has 0 heterocycles. The minimum Gasteiger partial charge on any atom is -0.494 e. The maximum Gasteiger partial charge on any atom is 0.124 e. The normalized spacial score (nSPS) is 12.0. The second-order valence-corrected chi connectivity index (χ2v) is 5.21. The van der Waals surface area contributed by atoms with Gasteiger partial charge in [0.1, 0.15) is 18.1 Å². The Hall–Kier alpha value is -1.71. The number of hydrogen-bond acceptors (Lipinski definition) is 3. The molecule has 0 fully saturated rings. The highest BCUT2D eigenvalue weighted by Gasteiger charge is 2.12. The molecule has 0 aromatic heterocycles. The predicted molar refractivity (Wildman–Crippen MR) is 86.2 cm³/mol. The summed E-state index contributed by atoms with van der Waals surface area (Å²) in [6.45, 7) is 4.89. The molecule has 21 heavy (non-hydrogen) atoms. The Kier molecular flexibility index (Phi) is 5.48. The highest BCUT2D eigenvalue weighted by molar-refractivity contribution is 6.31. The van der Waals surface area contributed by atoms with Crippen molar-refractivity contribution in [3.8, 4) is 11.5 Å². The van der Waals surface area contributed by atoms with Gasteiger partial charge in [0.05, 0.1) is 12.6 Å². The molecule has 1 unspecified atom stereocenters. The van der Waals surface area contributed by atoms with Crippen LogP contribution in [0.2, 0.25) is 5.02 Å².